The SMILES string of the molecule is O=C(Nc1ccc(-c2ccccc2)s1)c1ccccc1. The molecule has 3 heteroatoms. The second-order valence-corrected chi connectivity index (χ2v) is 5.43. The highest BCUT2D eigenvalue weighted by Crippen LogP contribution is 2.31. The smallest absolute Gasteiger partial charge is 0.256 e. The van der Waals surface area contributed by atoms with Crippen LogP contribution in [0.25, 0.3) is 10.4 Å². The van der Waals surface area contributed by atoms with Crippen LogP contribution in [0.2, 0.25) is 0 Å². The summed E-state index contributed by atoms with van der Waals surface area (Å²) in [4.78, 5) is 13.2. The van der Waals surface area contributed by atoms with Crippen molar-refractivity contribution in [2.75, 3.05) is 5.32 Å². The molecule has 1 heterocycles. The molecule has 1 N–H and O–H groups in total. The molecule has 1 aromatic heterocycles. The Morgan fingerprint density at radius 3 is 2.15 bits per heavy atom. The van der Waals surface area contributed by atoms with Crippen molar-refractivity contribution in [2.45, 2.75) is 0 Å². The lowest BCUT2D eigenvalue weighted by Crippen LogP contribution is -2.10. The van der Waals surface area contributed by atoms with E-state index < -0.39 is 0 Å². The molecular formula is C17H13NOS. The first kappa shape index (κ1) is 12.6. The average Bonchev–Trinajstić information content (AvgIpc) is 2.97. The Morgan fingerprint density at radius 1 is 0.800 bits per heavy atom. The van der Waals surface area contributed by atoms with Gasteiger partial charge in [0.25, 0.3) is 5.91 Å². The fourth-order valence-corrected chi connectivity index (χ4v) is 2.84. The third-order valence-electron chi connectivity index (χ3n) is 2.94. The standard InChI is InChI=1S/C17H13NOS/c19-17(14-9-5-2-6-10-14)18-16-12-11-15(20-16)13-7-3-1-4-8-13/h1-12H,(H,18,19). The predicted molar refractivity (Wildman–Crippen MR) is 84.2 cm³/mol. The number of hydrogen-bond acceptors (Lipinski definition) is 2. The molecule has 20 heavy (non-hydrogen) atoms. The lowest BCUT2D eigenvalue weighted by atomic mass is 10.2. The number of carbonyl (C=O) groups is 1. The fourth-order valence-electron chi connectivity index (χ4n) is 1.94. The fraction of sp³-hybridized carbons (Fsp3) is 0. The van der Waals surface area contributed by atoms with Crippen LogP contribution >= 0.6 is 11.3 Å². The normalized spacial score (nSPS) is 10.2. The summed E-state index contributed by atoms with van der Waals surface area (Å²) in [7, 11) is 0. The Kier molecular flexibility index (Phi) is 3.61. The Bertz CT molecular complexity index is 704. The van der Waals surface area contributed by atoms with E-state index >= 15 is 0 Å². The summed E-state index contributed by atoms with van der Waals surface area (Å²) in [6.07, 6.45) is 0. The molecule has 0 fully saturated rings. The van der Waals surface area contributed by atoms with Crippen LogP contribution in [0, 0.1) is 0 Å². The van der Waals surface area contributed by atoms with Crippen LogP contribution in [-0.2, 0) is 0 Å². The minimum absolute atomic E-state index is 0.0768. The topological polar surface area (TPSA) is 29.1 Å². The third-order valence-corrected chi connectivity index (χ3v) is 3.99. The zero-order valence-corrected chi connectivity index (χ0v) is 11.6. The van der Waals surface area contributed by atoms with Gasteiger partial charge in [0, 0.05) is 10.4 Å². The zero-order chi connectivity index (χ0) is 13.8. The number of carbonyl (C=O) groups excluding carboxylic acids is 1. The van der Waals surface area contributed by atoms with E-state index in [-0.39, 0.29) is 5.91 Å². The van der Waals surface area contributed by atoms with E-state index in [0.717, 1.165) is 15.4 Å². The van der Waals surface area contributed by atoms with E-state index in [4.69, 9.17) is 0 Å². The highest BCUT2D eigenvalue weighted by molar-refractivity contribution is 7.19. The van der Waals surface area contributed by atoms with Crippen LogP contribution in [-0.4, -0.2) is 5.91 Å². The number of thiophene rings is 1. The molecule has 0 saturated carbocycles. The average molecular weight is 279 g/mol. The molecule has 0 radical (unpaired) electrons. The van der Waals surface area contributed by atoms with Gasteiger partial charge in [0.05, 0.1) is 5.00 Å². The maximum Gasteiger partial charge on any atom is 0.256 e. The molecule has 1 amide bonds. The molecule has 0 aliphatic rings. The van der Waals surface area contributed by atoms with Gasteiger partial charge in [-0.2, -0.15) is 0 Å². The number of amides is 1. The number of hydrogen-bond donors (Lipinski definition) is 1. The molecule has 0 bridgehead atoms. The monoisotopic (exact) mass is 279 g/mol. The quantitative estimate of drug-likeness (QED) is 0.741. The second kappa shape index (κ2) is 5.72. The van der Waals surface area contributed by atoms with Crippen molar-refractivity contribution >= 4 is 22.2 Å². The highest BCUT2D eigenvalue weighted by Gasteiger charge is 2.07. The summed E-state index contributed by atoms with van der Waals surface area (Å²) >= 11 is 1.58. The van der Waals surface area contributed by atoms with Gasteiger partial charge in [0.2, 0.25) is 0 Å². The maximum absolute atomic E-state index is 12.1. The van der Waals surface area contributed by atoms with Crippen LogP contribution in [0.15, 0.2) is 72.8 Å². The van der Waals surface area contributed by atoms with Crippen molar-refractivity contribution in [1.29, 1.82) is 0 Å². The predicted octanol–water partition coefficient (Wildman–Crippen LogP) is 4.67. The van der Waals surface area contributed by atoms with E-state index in [1.807, 2.05) is 48.5 Å². The summed E-state index contributed by atoms with van der Waals surface area (Å²) < 4.78 is 0. The van der Waals surface area contributed by atoms with E-state index in [2.05, 4.69) is 17.4 Å². The first-order valence-electron chi connectivity index (χ1n) is 6.34. The van der Waals surface area contributed by atoms with E-state index in [0.29, 0.717) is 5.56 Å². The van der Waals surface area contributed by atoms with E-state index in [9.17, 15) is 4.79 Å². The molecule has 0 saturated heterocycles. The molecule has 3 rings (SSSR count). The van der Waals surface area contributed by atoms with Gasteiger partial charge < -0.3 is 5.32 Å². The van der Waals surface area contributed by atoms with Crippen molar-refractivity contribution in [1.82, 2.24) is 0 Å². The molecular weight excluding hydrogens is 266 g/mol. The van der Waals surface area contributed by atoms with Gasteiger partial charge in [-0.05, 0) is 29.8 Å². The Morgan fingerprint density at radius 2 is 1.45 bits per heavy atom. The minimum Gasteiger partial charge on any atom is -0.314 e. The van der Waals surface area contributed by atoms with Crippen molar-refractivity contribution < 1.29 is 4.79 Å². The van der Waals surface area contributed by atoms with Crippen molar-refractivity contribution in [2.24, 2.45) is 0 Å². The van der Waals surface area contributed by atoms with Gasteiger partial charge in [-0.3, -0.25) is 4.79 Å². The van der Waals surface area contributed by atoms with Crippen molar-refractivity contribution in [3.05, 3.63) is 78.4 Å². The number of rotatable bonds is 3. The summed E-state index contributed by atoms with van der Waals surface area (Å²) in [5.41, 5.74) is 1.83. The summed E-state index contributed by atoms with van der Waals surface area (Å²) in [6, 6.07) is 23.3. The van der Waals surface area contributed by atoms with Gasteiger partial charge in [-0.25, -0.2) is 0 Å². The summed E-state index contributed by atoms with van der Waals surface area (Å²) in [5.74, 6) is -0.0768. The number of nitrogens with one attached hydrogen (secondary N) is 1. The zero-order valence-electron chi connectivity index (χ0n) is 10.7. The van der Waals surface area contributed by atoms with Crippen LogP contribution in [0.3, 0.4) is 0 Å². The van der Waals surface area contributed by atoms with E-state index in [1.165, 1.54) is 0 Å². The molecule has 0 atom stereocenters. The Labute approximate surface area is 121 Å². The molecule has 2 nitrogen and oxygen atoms in total. The second-order valence-electron chi connectivity index (χ2n) is 4.35. The van der Waals surface area contributed by atoms with Crippen molar-refractivity contribution in [3.63, 3.8) is 0 Å². The number of anilines is 1. The first-order valence-corrected chi connectivity index (χ1v) is 7.16. The molecule has 98 valence electrons. The lowest BCUT2D eigenvalue weighted by Gasteiger charge is -2.01. The largest absolute Gasteiger partial charge is 0.314 e. The molecule has 3 aromatic rings. The van der Waals surface area contributed by atoms with Crippen LogP contribution < -0.4 is 5.32 Å². The molecule has 2 aromatic carbocycles. The van der Waals surface area contributed by atoms with Gasteiger partial charge in [0.1, 0.15) is 0 Å². The molecule has 0 aliphatic carbocycles. The van der Waals surface area contributed by atoms with Gasteiger partial charge in [-0.1, -0.05) is 48.5 Å². The summed E-state index contributed by atoms with van der Waals surface area (Å²) in [6.45, 7) is 0. The number of benzene rings is 2. The minimum atomic E-state index is -0.0768. The molecule has 0 unspecified atom stereocenters. The van der Waals surface area contributed by atoms with Crippen molar-refractivity contribution in [3.8, 4) is 10.4 Å². The lowest BCUT2D eigenvalue weighted by molar-refractivity contribution is 0.102. The van der Waals surface area contributed by atoms with Gasteiger partial charge >= 0.3 is 0 Å². The maximum atomic E-state index is 12.1. The summed E-state index contributed by atoms with van der Waals surface area (Å²) in [5, 5.41) is 3.79. The third kappa shape index (κ3) is 2.78. The Balaban J connectivity index is 1.77. The van der Waals surface area contributed by atoms with Gasteiger partial charge in [-0.15, -0.1) is 11.3 Å². The Hall–Kier alpha value is -2.39. The van der Waals surface area contributed by atoms with Gasteiger partial charge in [0.15, 0.2) is 0 Å². The van der Waals surface area contributed by atoms with Crippen LogP contribution in [0.1, 0.15) is 10.4 Å². The highest BCUT2D eigenvalue weighted by atomic mass is 32.1. The molecule has 0 spiro atoms. The first-order chi connectivity index (χ1) is 9.83. The van der Waals surface area contributed by atoms with E-state index in [1.54, 1.807) is 23.5 Å². The molecule has 0 aliphatic heterocycles. The van der Waals surface area contributed by atoms with Crippen LogP contribution in [0.4, 0.5) is 5.00 Å². The van der Waals surface area contributed by atoms with Crippen LogP contribution in [0.5, 0.6) is 0 Å².